The van der Waals surface area contributed by atoms with Gasteiger partial charge in [0.2, 0.25) is 0 Å². The van der Waals surface area contributed by atoms with Crippen LogP contribution in [-0.2, 0) is 0 Å². The van der Waals surface area contributed by atoms with E-state index in [2.05, 4.69) is 5.32 Å². The Bertz CT molecular complexity index is 549. The first-order chi connectivity index (χ1) is 10.7. The van der Waals surface area contributed by atoms with Crippen LogP contribution >= 0.6 is 12.4 Å². The number of nitrogens with zero attached hydrogens (tertiary/aromatic N) is 1. The first-order valence-electron chi connectivity index (χ1n) is 7.89. The molecule has 6 heteroatoms. The summed E-state index contributed by atoms with van der Waals surface area (Å²) in [5.41, 5.74) is 1.03. The van der Waals surface area contributed by atoms with Gasteiger partial charge in [-0.3, -0.25) is 4.79 Å². The van der Waals surface area contributed by atoms with Crippen molar-refractivity contribution in [3.63, 3.8) is 0 Å². The Morgan fingerprint density at radius 3 is 2.48 bits per heavy atom. The molecule has 1 amide bonds. The fraction of sp³-hybridized carbons (Fsp3) is 0.588. The quantitative estimate of drug-likeness (QED) is 0.917. The minimum Gasteiger partial charge on any atom is -0.497 e. The van der Waals surface area contributed by atoms with Crippen LogP contribution in [0.2, 0.25) is 0 Å². The van der Waals surface area contributed by atoms with Crippen LogP contribution < -0.4 is 14.8 Å². The average Bonchev–Trinajstić information content (AvgIpc) is 3.02. The summed E-state index contributed by atoms with van der Waals surface area (Å²) in [6.07, 6.45) is 3.41. The Balaban J connectivity index is 0.00000192. The van der Waals surface area contributed by atoms with Gasteiger partial charge in [0.25, 0.3) is 5.91 Å². The number of hydrogen-bond acceptors (Lipinski definition) is 4. The number of amides is 1. The number of carbonyl (C=O) groups excluding carboxylic acids is 1. The molecule has 1 N–H and O–H groups in total. The molecular formula is C17H25ClN2O3. The highest BCUT2D eigenvalue weighted by atomic mass is 35.5. The summed E-state index contributed by atoms with van der Waals surface area (Å²) in [4.78, 5) is 14.7. The molecule has 0 aromatic heterocycles. The van der Waals surface area contributed by atoms with Gasteiger partial charge >= 0.3 is 0 Å². The number of rotatable bonds is 3. The molecule has 128 valence electrons. The summed E-state index contributed by atoms with van der Waals surface area (Å²) >= 11 is 0. The zero-order valence-corrected chi connectivity index (χ0v) is 14.6. The first kappa shape index (κ1) is 17.9. The predicted molar refractivity (Wildman–Crippen MR) is 91.9 cm³/mol. The van der Waals surface area contributed by atoms with Gasteiger partial charge in [-0.05, 0) is 43.4 Å². The Morgan fingerprint density at radius 2 is 1.91 bits per heavy atom. The van der Waals surface area contributed by atoms with Crippen LogP contribution in [-0.4, -0.2) is 51.2 Å². The number of halogens is 1. The number of hydrogen-bond donors (Lipinski definition) is 1. The van der Waals surface area contributed by atoms with Crippen LogP contribution in [0.1, 0.15) is 29.6 Å². The second-order valence-electron chi connectivity index (χ2n) is 6.29. The molecule has 3 rings (SSSR count). The maximum Gasteiger partial charge on any atom is 0.257 e. The summed E-state index contributed by atoms with van der Waals surface area (Å²) in [5.74, 6) is 1.33. The lowest BCUT2D eigenvalue weighted by atomic mass is 9.78. The lowest BCUT2D eigenvalue weighted by Crippen LogP contribution is -2.44. The van der Waals surface area contributed by atoms with Gasteiger partial charge in [0.05, 0.1) is 19.8 Å². The van der Waals surface area contributed by atoms with Gasteiger partial charge in [-0.2, -0.15) is 0 Å². The number of nitrogens with one attached hydrogen (secondary N) is 1. The molecule has 2 aliphatic rings. The predicted octanol–water partition coefficient (Wildman–Crippen LogP) is 2.34. The summed E-state index contributed by atoms with van der Waals surface area (Å²) in [6.45, 7) is 3.87. The SMILES string of the molecule is COc1ccc(C(=O)N2CCC3(CCNC3)CC2)c(OC)c1.Cl. The van der Waals surface area contributed by atoms with Gasteiger partial charge in [0.15, 0.2) is 0 Å². The van der Waals surface area contributed by atoms with Crippen molar-refractivity contribution < 1.29 is 14.3 Å². The number of ether oxygens (including phenoxy) is 2. The van der Waals surface area contributed by atoms with Crippen LogP contribution in [0, 0.1) is 5.41 Å². The van der Waals surface area contributed by atoms with E-state index in [9.17, 15) is 4.79 Å². The standard InChI is InChI=1S/C17H24N2O3.ClH/c1-21-13-3-4-14(15(11-13)22-2)16(20)19-9-6-17(7-10-19)5-8-18-12-17;/h3-4,11,18H,5-10,12H2,1-2H3;1H. The summed E-state index contributed by atoms with van der Waals surface area (Å²) in [7, 11) is 3.19. The van der Waals surface area contributed by atoms with E-state index in [4.69, 9.17) is 9.47 Å². The van der Waals surface area contributed by atoms with Gasteiger partial charge < -0.3 is 19.7 Å². The minimum absolute atomic E-state index is 0. The van der Waals surface area contributed by atoms with Crippen LogP contribution in [0.15, 0.2) is 18.2 Å². The molecule has 1 aromatic rings. The maximum absolute atomic E-state index is 12.8. The van der Waals surface area contributed by atoms with Crippen molar-refractivity contribution in [2.75, 3.05) is 40.4 Å². The fourth-order valence-electron chi connectivity index (χ4n) is 3.55. The Morgan fingerprint density at radius 1 is 1.17 bits per heavy atom. The van der Waals surface area contributed by atoms with Crippen molar-refractivity contribution in [1.29, 1.82) is 0 Å². The van der Waals surface area contributed by atoms with E-state index < -0.39 is 0 Å². The molecule has 1 spiro atoms. The molecule has 0 saturated carbocycles. The van der Waals surface area contributed by atoms with E-state index in [0.29, 0.717) is 22.5 Å². The van der Waals surface area contributed by atoms with Crippen molar-refractivity contribution in [3.05, 3.63) is 23.8 Å². The molecule has 1 aromatic carbocycles. The third-order valence-electron chi connectivity index (χ3n) is 5.08. The van der Waals surface area contributed by atoms with E-state index in [1.165, 1.54) is 6.42 Å². The molecular weight excluding hydrogens is 316 g/mol. The number of benzene rings is 1. The number of piperidine rings is 1. The fourth-order valence-corrected chi connectivity index (χ4v) is 3.55. The number of methoxy groups -OCH3 is 2. The Labute approximate surface area is 143 Å². The van der Waals surface area contributed by atoms with E-state index in [1.807, 2.05) is 11.0 Å². The molecule has 2 heterocycles. The lowest BCUT2D eigenvalue weighted by molar-refractivity contribution is 0.0604. The molecule has 2 aliphatic heterocycles. The van der Waals surface area contributed by atoms with Gasteiger partial charge in [0, 0.05) is 25.7 Å². The van der Waals surface area contributed by atoms with Gasteiger partial charge in [0.1, 0.15) is 11.5 Å². The second-order valence-corrected chi connectivity index (χ2v) is 6.29. The molecule has 0 unspecified atom stereocenters. The molecule has 0 radical (unpaired) electrons. The molecule has 5 nitrogen and oxygen atoms in total. The summed E-state index contributed by atoms with van der Waals surface area (Å²) in [6, 6.07) is 5.36. The number of carbonyl (C=O) groups is 1. The third-order valence-corrected chi connectivity index (χ3v) is 5.08. The van der Waals surface area contributed by atoms with Crippen molar-refractivity contribution >= 4 is 18.3 Å². The molecule has 0 atom stereocenters. The highest BCUT2D eigenvalue weighted by Gasteiger charge is 2.38. The minimum atomic E-state index is 0. The molecule has 0 aliphatic carbocycles. The topological polar surface area (TPSA) is 50.8 Å². The van der Waals surface area contributed by atoms with Crippen LogP contribution in [0.3, 0.4) is 0 Å². The smallest absolute Gasteiger partial charge is 0.257 e. The molecule has 2 saturated heterocycles. The van der Waals surface area contributed by atoms with Crippen molar-refractivity contribution in [3.8, 4) is 11.5 Å². The third kappa shape index (κ3) is 3.56. The molecule has 0 bridgehead atoms. The Kier molecular flexibility index (Phi) is 5.76. The largest absolute Gasteiger partial charge is 0.497 e. The summed E-state index contributed by atoms with van der Waals surface area (Å²) < 4.78 is 10.5. The highest BCUT2D eigenvalue weighted by Crippen LogP contribution is 2.37. The van der Waals surface area contributed by atoms with Crippen LogP contribution in [0.4, 0.5) is 0 Å². The lowest BCUT2D eigenvalue weighted by Gasteiger charge is -2.39. The second kappa shape index (κ2) is 7.41. The highest BCUT2D eigenvalue weighted by molar-refractivity contribution is 5.97. The monoisotopic (exact) mass is 340 g/mol. The maximum atomic E-state index is 12.8. The van der Waals surface area contributed by atoms with Gasteiger partial charge in [-0.15, -0.1) is 12.4 Å². The van der Waals surface area contributed by atoms with Crippen LogP contribution in [0.5, 0.6) is 11.5 Å². The molecule has 23 heavy (non-hydrogen) atoms. The summed E-state index contributed by atoms with van der Waals surface area (Å²) in [5, 5.41) is 3.45. The van der Waals surface area contributed by atoms with Crippen molar-refractivity contribution in [2.24, 2.45) is 5.41 Å². The van der Waals surface area contributed by atoms with Gasteiger partial charge in [-0.25, -0.2) is 0 Å². The zero-order chi connectivity index (χ0) is 15.6. The normalized spacial score (nSPS) is 19.3. The Hall–Kier alpha value is -1.46. The van der Waals surface area contributed by atoms with Gasteiger partial charge in [-0.1, -0.05) is 0 Å². The van der Waals surface area contributed by atoms with E-state index in [1.54, 1.807) is 26.4 Å². The average molecular weight is 341 g/mol. The zero-order valence-electron chi connectivity index (χ0n) is 13.8. The van der Waals surface area contributed by atoms with Crippen LogP contribution in [0.25, 0.3) is 0 Å². The van der Waals surface area contributed by atoms with E-state index in [-0.39, 0.29) is 18.3 Å². The molecule has 2 fully saturated rings. The van der Waals surface area contributed by atoms with Crippen molar-refractivity contribution in [2.45, 2.75) is 19.3 Å². The van der Waals surface area contributed by atoms with Crippen molar-refractivity contribution in [1.82, 2.24) is 10.2 Å². The van der Waals surface area contributed by atoms with E-state index in [0.717, 1.165) is 39.0 Å². The first-order valence-corrected chi connectivity index (χ1v) is 7.89. The van der Waals surface area contributed by atoms with E-state index >= 15 is 0 Å². The number of likely N-dealkylation sites (tertiary alicyclic amines) is 1.